The van der Waals surface area contributed by atoms with E-state index >= 15 is 0 Å². The third-order valence-corrected chi connectivity index (χ3v) is 6.26. The van der Waals surface area contributed by atoms with Crippen LogP contribution in [-0.4, -0.2) is 44.9 Å². The van der Waals surface area contributed by atoms with Crippen molar-refractivity contribution in [1.82, 2.24) is 9.62 Å². The number of nitrogens with zero attached hydrogens (tertiary/aromatic N) is 1. The van der Waals surface area contributed by atoms with Crippen molar-refractivity contribution in [2.24, 2.45) is 0 Å². The predicted octanol–water partition coefficient (Wildman–Crippen LogP) is 1.78. The molecule has 0 saturated carbocycles. The number of benzene rings is 2. The highest BCUT2D eigenvalue weighted by Gasteiger charge is 2.25. The number of hydrogen-bond donors (Lipinski definition) is 2. The van der Waals surface area contributed by atoms with Crippen LogP contribution in [0.1, 0.15) is 21.5 Å². The van der Waals surface area contributed by atoms with Crippen LogP contribution in [0.4, 0.5) is 5.69 Å². The van der Waals surface area contributed by atoms with Gasteiger partial charge in [-0.1, -0.05) is 24.3 Å². The van der Waals surface area contributed by atoms with E-state index < -0.39 is 10.0 Å². The Morgan fingerprint density at radius 1 is 1.04 bits per heavy atom. The summed E-state index contributed by atoms with van der Waals surface area (Å²) in [6.07, 6.45) is 0. The molecular formula is C19H24ClN3O4S. The summed E-state index contributed by atoms with van der Waals surface area (Å²) in [5.74, 6) is -0.332. The lowest BCUT2D eigenvalue weighted by Gasteiger charge is -2.26. The molecule has 2 aromatic carbocycles. The normalized spacial score (nSPS) is 14.9. The van der Waals surface area contributed by atoms with E-state index in [1.165, 1.54) is 4.31 Å². The fourth-order valence-corrected chi connectivity index (χ4v) is 4.46. The van der Waals surface area contributed by atoms with E-state index in [-0.39, 0.29) is 30.6 Å². The molecule has 152 valence electrons. The van der Waals surface area contributed by atoms with Crippen LogP contribution in [-0.2, 0) is 27.1 Å². The molecule has 7 nitrogen and oxygen atoms in total. The molecule has 0 spiro atoms. The Bertz CT molecular complexity index is 898. The molecule has 3 N–H and O–H groups in total. The number of rotatable bonds is 6. The van der Waals surface area contributed by atoms with Gasteiger partial charge >= 0.3 is 0 Å². The minimum atomic E-state index is -3.43. The average Bonchev–Trinajstić information content (AvgIpc) is 2.68. The van der Waals surface area contributed by atoms with Crippen molar-refractivity contribution in [2.45, 2.75) is 12.3 Å². The van der Waals surface area contributed by atoms with Crippen molar-refractivity contribution >= 4 is 34.0 Å². The molecule has 28 heavy (non-hydrogen) atoms. The van der Waals surface area contributed by atoms with Gasteiger partial charge in [0.2, 0.25) is 10.0 Å². The van der Waals surface area contributed by atoms with Crippen LogP contribution >= 0.6 is 12.4 Å². The van der Waals surface area contributed by atoms with Crippen molar-refractivity contribution in [3.05, 3.63) is 65.2 Å². The Morgan fingerprint density at radius 2 is 1.64 bits per heavy atom. The molecule has 1 saturated heterocycles. The number of nitrogens with one attached hydrogen (secondary N) is 1. The van der Waals surface area contributed by atoms with Gasteiger partial charge in [-0.3, -0.25) is 4.79 Å². The Morgan fingerprint density at radius 3 is 2.29 bits per heavy atom. The number of sulfonamides is 1. The average molecular weight is 426 g/mol. The summed E-state index contributed by atoms with van der Waals surface area (Å²) in [6, 6.07) is 13.9. The molecule has 1 fully saturated rings. The number of ether oxygens (including phenoxy) is 1. The predicted molar refractivity (Wildman–Crippen MR) is 111 cm³/mol. The third kappa shape index (κ3) is 5.68. The van der Waals surface area contributed by atoms with E-state index in [2.05, 4.69) is 5.32 Å². The number of carbonyl (C=O) groups excluding carboxylic acids is 1. The van der Waals surface area contributed by atoms with Crippen molar-refractivity contribution in [3.8, 4) is 0 Å². The number of hydrogen-bond acceptors (Lipinski definition) is 5. The SMILES string of the molecule is Cl.Nc1ccc(C(=O)NCc2ccccc2CS(=O)(=O)N2CCOCC2)cc1. The molecule has 0 aromatic heterocycles. The summed E-state index contributed by atoms with van der Waals surface area (Å²) in [4.78, 5) is 12.3. The molecule has 2 aromatic rings. The van der Waals surface area contributed by atoms with E-state index in [0.717, 1.165) is 5.56 Å². The number of nitrogens with two attached hydrogens (primary N) is 1. The lowest BCUT2D eigenvalue weighted by Crippen LogP contribution is -2.41. The number of morpholine rings is 1. The second-order valence-electron chi connectivity index (χ2n) is 6.34. The summed E-state index contributed by atoms with van der Waals surface area (Å²) >= 11 is 0. The zero-order chi connectivity index (χ0) is 19.3. The van der Waals surface area contributed by atoms with Crippen molar-refractivity contribution < 1.29 is 17.9 Å². The summed E-state index contributed by atoms with van der Waals surface area (Å²) in [5, 5.41) is 2.83. The summed E-state index contributed by atoms with van der Waals surface area (Å²) < 4.78 is 32.0. The van der Waals surface area contributed by atoms with E-state index in [9.17, 15) is 13.2 Å². The molecule has 1 amide bonds. The van der Waals surface area contributed by atoms with Crippen LogP contribution in [0, 0.1) is 0 Å². The first kappa shape index (κ1) is 22.2. The van der Waals surface area contributed by atoms with Crippen LogP contribution in [0.25, 0.3) is 0 Å². The Balaban J connectivity index is 0.00000280. The number of halogens is 1. The Hall–Kier alpha value is -2.13. The van der Waals surface area contributed by atoms with Crippen molar-refractivity contribution in [1.29, 1.82) is 0 Å². The molecule has 0 unspecified atom stereocenters. The number of amides is 1. The maximum atomic E-state index is 12.7. The van der Waals surface area contributed by atoms with Gasteiger partial charge < -0.3 is 15.8 Å². The largest absolute Gasteiger partial charge is 0.399 e. The first-order valence-corrected chi connectivity index (χ1v) is 10.3. The Labute approximate surface area is 171 Å². The van der Waals surface area contributed by atoms with Gasteiger partial charge in [0.1, 0.15) is 0 Å². The summed E-state index contributed by atoms with van der Waals surface area (Å²) in [6.45, 7) is 1.83. The fourth-order valence-electron chi connectivity index (χ4n) is 2.90. The highest BCUT2D eigenvalue weighted by Crippen LogP contribution is 2.17. The van der Waals surface area contributed by atoms with Crippen LogP contribution in [0.15, 0.2) is 48.5 Å². The van der Waals surface area contributed by atoms with Crippen LogP contribution in [0.2, 0.25) is 0 Å². The molecule has 3 rings (SSSR count). The van der Waals surface area contributed by atoms with Gasteiger partial charge in [-0.05, 0) is 35.4 Å². The molecule has 1 heterocycles. The third-order valence-electron chi connectivity index (χ3n) is 4.43. The lowest BCUT2D eigenvalue weighted by atomic mass is 10.1. The van der Waals surface area contributed by atoms with E-state index in [4.69, 9.17) is 10.5 Å². The summed E-state index contributed by atoms with van der Waals surface area (Å²) in [7, 11) is -3.43. The Kier molecular flexibility index (Phi) is 7.82. The van der Waals surface area contributed by atoms with E-state index in [1.807, 2.05) is 12.1 Å². The second kappa shape index (κ2) is 9.88. The second-order valence-corrected chi connectivity index (χ2v) is 8.31. The standard InChI is InChI=1S/C19H23N3O4S.ClH/c20-18-7-5-15(6-8-18)19(23)21-13-16-3-1-2-4-17(16)14-27(24,25)22-9-11-26-12-10-22;/h1-8H,9-14,20H2,(H,21,23);1H. The molecule has 1 aliphatic heterocycles. The number of nitrogen functional groups attached to an aromatic ring is 1. The summed E-state index contributed by atoms with van der Waals surface area (Å²) in [5.41, 5.74) is 8.18. The van der Waals surface area contributed by atoms with E-state index in [1.54, 1.807) is 36.4 Å². The van der Waals surface area contributed by atoms with Gasteiger partial charge in [0, 0.05) is 30.9 Å². The van der Waals surface area contributed by atoms with Gasteiger partial charge in [0.15, 0.2) is 0 Å². The fraction of sp³-hybridized carbons (Fsp3) is 0.316. The molecule has 0 atom stereocenters. The molecule has 1 aliphatic rings. The molecule has 0 bridgehead atoms. The van der Waals surface area contributed by atoms with Crippen LogP contribution < -0.4 is 11.1 Å². The van der Waals surface area contributed by atoms with Gasteiger partial charge in [-0.2, -0.15) is 4.31 Å². The zero-order valence-electron chi connectivity index (χ0n) is 15.3. The minimum Gasteiger partial charge on any atom is -0.399 e. The first-order chi connectivity index (χ1) is 13.0. The smallest absolute Gasteiger partial charge is 0.251 e. The minimum absolute atomic E-state index is 0. The van der Waals surface area contributed by atoms with Crippen LogP contribution in [0.3, 0.4) is 0 Å². The number of anilines is 1. The lowest BCUT2D eigenvalue weighted by molar-refractivity contribution is 0.0729. The van der Waals surface area contributed by atoms with Gasteiger partial charge in [-0.15, -0.1) is 12.4 Å². The van der Waals surface area contributed by atoms with Crippen molar-refractivity contribution in [2.75, 3.05) is 32.0 Å². The molecule has 0 aliphatic carbocycles. The quantitative estimate of drug-likeness (QED) is 0.687. The van der Waals surface area contributed by atoms with Crippen molar-refractivity contribution in [3.63, 3.8) is 0 Å². The maximum Gasteiger partial charge on any atom is 0.251 e. The maximum absolute atomic E-state index is 12.7. The zero-order valence-corrected chi connectivity index (χ0v) is 17.0. The van der Waals surface area contributed by atoms with Gasteiger partial charge in [0.25, 0.3) is 5.91 Å². The molecule has 0 radical (unpaired) electrons. The highest BCUT2D eigenvalue weighted by atomic mass is 35.5. The molecule has 9 heteroatoms. The monoisotopic (exact) mass is 425 g/mol. The number of carbonyl (C=O) groups is 1. The van der Waals surface area contributed by atoms with Crippen LogP contribution in [0.5, 0.6) is 0 Å². The van der Waals surface area contributed by atoms with Gasteiger partial charge in [-0.25, -0.2) is 8.42 Å². The first-order valence-electron chi connectivity index (χ1n) is 8.72. The highest BCUT2D eigenvalue weighted by molar-refractivity contribution is 7.88. The van der Waals surface area contributed by atoms with Gasteiger partial charge in [0.05, 0.1) is 19.0 Å². The topological polar surface area (TPSA) is 102 Å². The van der Waals surface area contributed by atoms with E-state index in [0.29, 0.717) is 43.1 Å². The molecular weight excluding hydrogens is 402 g/mol.